The highest BCUT2D eigenvalue weighted by Gasteiger charge is 2.23. The van der Waals surface area contributed by atoms with E-state index in [1.165, 1.54) is 0 Å². The summed E-state index contributed by atoms with van der Waals surface area (Å²) in [6.45, 7) is 11.4. The second-order valence-corrected chi connectivity index (χ2v) is 6.70. The molecule has 0 unspecified atom stereocenters. The van der Waals surface area contributed by atoms with Crippen LogP contribution >= 0.6 is 0 Å². The van der Waals surface area contributed by atoms with Crippen molar-refractivity contribution >= 4 is 36.1 Å². The molecule has 0 aromatic rings. The van der Waals surface area contributed by atoms with E-state index in [1.54, 1.807) is 0 Å². The molecule has 14 nitrogen and oxygen atoms in total. The second kappa shape index (κ2) is 20.1. The summed E-state index contributed by atoms with van der Waals surface area (Å²) in [5, 5.41) is 10.5. The maximum atomic E-state index is 11.4. The Balaban J connectivity index is 0. The monoisotopic (exact) mass is 490 g/mol. The van der Waals surface area contributed by atoms with Crippen LogP contribution in [0, 0.1) is 0 Å². The molecule has 34 heavy (non-hydrogen) atoms. The number of carbonyl (C=O) groups is 6. The molecule has 0 aromatic carbocycles. The van der Waals surface area contributed by atoms with Crippen molar-refractivity contribution in [1.29, 1.82) is 0 Å². The first-order valence-electron chi connectivity index (χ1n) is 11.1. The Labute approximate surface area is 200 Å². The molecule has 0 spiro atoms. The predicted molar refractivity (Wildman–Crippen MR) is 122 cm³/mol. The normalized spacial score (nSPS) is 9.35. The van der Waals surface area contributed by atoms with Gasteiger partial charge in [-0.15, -0.1) is 0 Å². The van der Waals surface area contributed by atoms with Gasteiger partial charge in [-0.1, -0.05) is 37.8 Å². The van der Waals surface area contributed by atoms with Crippen LogP contribution in [0.1, 0.15) is 67.2 Å². The lowest BCUT2D eigenvalue weighted by molar-refractivity contribution is -0.151. The molecule has 14 heteroatoms. The second-order valence-electron chi connectivity index (χ2n) is 6.70. The molecule has 0 saturated heterocycles. The molecule has 4 N–H and O–H groups in total. The number of urea groups is 2. The van der Waals surface area contributed by atoms with Gasteiger partial charge in [-0.3, -0.25) is 9.59 Å². The number of hydroxylamine groups is 4. The molecule has 0 bridgehead atoms. The van der Waals surface area contributed by atoms with Crippen LogP contribution < -0.4 is 21.3 Å². The molecule has 0 aliphatic heterocycles. The van der Waals surface area contributed by atoms with Gasteiger partial charge in [0.25, 0.3) is 11.8 Å². The van der Waals surface area contributed by atoms with Gasteiger partial charge in [0.1, 0.15) is 0 Å². The zero-order valence-corrected chi connectivity index (χ0v) is 20.8. The molecule has 0 radical (unpaired) electrons. The van der Waals surface area contributed by atoms with E-state index in [4.69, 9.17) is 0 Å². The first-order valence-corrected chi connectivity index (χ1v) is 11.1. The zero-order valence-electron chi connectivity index (χ0n) is 20.8. The lowest BCUT2D eigenvalue weighted by atomic mass is 10.5. The SMILES string of the molecule is CCCNC(=O)ON(C(C)=O)C(=O)NCCC.CCCNC(=O)ON(C(C)=O)C(=O)NCCC. The Morgan fingerprint density at radius 3 is 1.03 bits per heavy atom. The van der Waals surface area contributed by atoms with Crippen molar-refractivity contribution in [2.75, 3.05) is 26.2 Å². The van der Waals surface area contributed by atoms with E-state index in [-0.39, 0.29) is 0 Å². The molecule has 8 amide bonds. The molecule has 0 saturated carbocycles. The van der Waals surface area contributed by atoms with E-state index in [0.29, 0.717) is 36.3 Å². The average molecular weight is 491 g/mol. The molecule has 0 aliphatic rings. The van der Waals surface area contributed by atoms with Gasteiger partial charge < -0.3 is 30.9 Å². The van der Waals surface area contributed by atoms with Crippen molar-refractivity contribution in [2.45, 2.75) is 67.2 Å². The summed E-state index contributed by atoms with van der Waals surface area (Å²) in [7, 11) is 0. The lowest BCUT2D eigenvalue weighted by Gasteiger charge is -2.17. The average Bonchev–Trinajstić information content (AvgIpc) is 2.79. The first-order chi connectivity index (χ1) is 16.0. The lowest BCUT2D eigenvalue weighted by Crippen LogP contribution is -2.46. The number of carbonyl (C=O) groups excluding carboxylic acids is 6. The van der Waals surface area contributed by atoms with Gasteiger partial charge in [-0.2, -0.15) is 0 Å². The maximum absolute atomic E-state index is 11.4. The molecule has 0 rings (SSSR count). The Bertz CT molecular complexity index is 617. The summed E-state index contributed by atoms with van der Waals surface area (Å²) in [6, 6.07) is -1.49. The largest absolute Gasteiger partial charge is 0.432 e. The van der Waals surface area contributed by atoms with Crippen molar-refractivity contribution in [2.24, 2.45) is 0 Å². The third-order valence-corrected chi connectivity index (χ3v) is 3.38. The third kappa shape index (κ3) is 16.1. The first kappa shape index (κ1) is 32.6. The minimum atomic E-state index is -0.825. The number of hydrogen-bond acceptors (Lipinski definition) is 8. The summed E-state index contributed by atoms with van der Waals surface area (Å²) >= 11 is 0. The summed E-state index contributed by atoms with van der Waals surface area (Å²) in [6.07, 6.45) is 1.26. The van der Waals surface area contributed by atoms with Crippen molar-refractivity contribution in [3.8, 4) is 0 Å². The van der Waals surface area contributed by atoms with Crippen molar-refractivity contribution in [3.05, 3.63) is 0 Å². The topological polar surface area (TPSA) is 175 Å². The molecule has 0 heterocycles. The summed E-state index contributed by atoms with van der Waals surface area (Å²) < 4.78 is 0. The third-order valence-electron chi connectivity index (χ3n) is 3.38. The molecule has 0 aliphatic carbocycles. The Hall–Kier alpha value is -3.58. The van der Waals surface area contributed by atoms with Gasteiger partial charge in [0.05, 0.1) is 0 Å². The van der Waals surface area contributed by atoms with Crippen LogP contribution in [-0.4, -0.2) is 72.4 Å². The standard InChI is InChI=1S/2C10H19N3O4/c2*1-4-6-11-9(15)13(8(3)14)17-10(16)12-7-5-2/h2*4-7H2,1-3H3,(H,11,15)(H,12,16). The summed E-state index contributed by atoms with van der Waals surface area (Å²) in [5.41, 5.74) is 0. The minimum Gasteiger partial charge on any atom is -0.335 e. The summed E-state index contributed by atoms with van der Waals surface area (Å²) in [4.78, 5) is 76.7. The van der Waals surface area contributed by atoms with Gasteiger partial charge in [-0.05, 0) is 25.7 Å². The number of hydrogen-bond donors (Lipinski definition) is 4. The quantitative estimate of drug-likeness (QED) is 0.374. The zero-order chi connectivity index (χ0) is 26.5. The molecule has 0 fully saturated rings. The number of imide groups is 2. The highest BCUT2D eigenvalue weighted by atomic mass is 16.7. The minimum absolute atomic E-state index is 0.403. The summed E-state index contributed by atoms with van der Waals surface area (Å²) in [5.74, 6) is -1.32. The van der Waals surface area contributed by atoms with Crippen LogP contribution in [0.25, 0.3) is 0 Å². The van der Waals surface area contributed by atoms with E-state index in [0.717, 1.165) is 39.5 Å². The van der Waals surface area contributed by atoms with Gasteiger partial charge in [-0.25, -0.2) is 19.2 Å². The van der Waals surface area contributed by atoms with Crippen molar-refractivity contribution in [1.82, 2.24) is 31.4 Å². The Kier molecular flexibility index (Phi) is 19.2. The highest BCUT2D eigenvalue weighted by Crippen LogP contribution is 1.96. The number of nitrogens with one attached hydrogen (secondary N) is 4. The fourth-order valence-corrected chi connectivity index (χ4v) is 1.79. The molecule has 0 atom stereocenters. The van der Waals surface area contributed by atoms with E-state index in [2.05, 4.69) is 30.9 Å². The molecule has 0 aromatic heterocycles. The van der Waals surface area contributed by atoms with E-state index < -0.39 is 36.1 Å². The van der Waals surface area contributed by atoms with E-state index in [1.807, 2.05) is 27.7 Å². The van der Waals surface area contributed by atoms with Crippen LogP contribution in [0.2, 0.25) is 0 Å². The Morgan fingerprint density at radius 2 is 0.794 bits per heavy atom. The van der Waals surface area contributed by atoms with E-state index in [9.17, 15) is 28.8 Å². The predicted octanol–water partition coefficient (Wildman–Crippen LogP) is 2.01. The van der Waals surface area contributed by atoms with Crippen LogP contribution in [-0.2, 0) is 19.3 Å². The Morgan fingerprint density at radius 1 is 0.529 bits per heavy atom. The number of rotatable bonds is 8. The molecule has 196 valence electrons. The van der Waals surface area contributed by atoms with Gasteiger partial charge in [0, 0.05) is 40.0 Å². The van der Waals surface area contributed by atoms with Crippen LogP contribution in [0.5, 0.6) is 0 Å². The van der Waals surface area contributed by atoms with Crippen LogP contribution in [0.15, 0.2) is 0 Å². The van der Waals surface area contributed by atoms with Gasteiger partial charge in [0.15, 0.2) is 0 Å². The highest BCUT2D eigenvalue weighted by molar-refractivity contribution is 5.93. The van der Waals surface area contributed by atoms with Crippen molar-refractivity contribution in [3.63, 3.8) is 0 Å². The molecular formula is C20H38N6O8. The molecular weight excluding hydrogens is 452 g/mol. The smallest absolute Gasteiger partial charge is 0.335 e. The van der Waals surface area contributed by atoms with Crippen LogP contribution in [0.4, 0.5) is 19.2 Å². The van der Waals surface area contributed by atoms with E-state index >= 15 is 0 Å². The maximum Gasteiger partial charge on any atom is 0.432 e. The van der Waals surface area contributed by atoms with Gasteiger partial charge >= 0.3 is 24.2 Å². The number of amides is 8. The fraction of sp³-hybridized carbons (Fsp3) is 0.700. The number of nitrogens with zero attached hydrogens (tertiary/aromatic N) is 2. The van der Waals surface area contributed by atoms with Gasteiger partial charge in [0.2, 0.25) is 0 Å². The van der Waals surface area contributed by atoms with Crippen LogP contribution in [0.3, 0.4) is 0 Å². The fourth-order valence-electron chi connectivity index (χ4n) is 1.79. The van der Waals surface area contributed by atoms with Crippen molar-refractivity contribution < 1.29 is 38.4 Å².